The average molecular weight is 455 g/mol. The Balaban J connectivity index is 1.36. The van der Waals surface area contributed by atoms with Gasteiger partial charge < -0.3 is 15.2 Å². The zero-order valence-corrected chi connectivity index (χ0v) is 17.3. The number of hydrogen-bond donors (Lipinski definition) is 1. The Morgan fingerprint density at radius 3 is 2.50 bits per heavy atom. The van der Waals surface area contributed by atoms with Crippen molar-refractivity contribution in [1.29, 1.82) is 0 Å². The number of pyridine rings is 1. The highest BCUT2D eigenvalue weighted by Crippen LogP contribution is 2.64. The zero-order valence-electron chi connectivity index (χ0n) is 17.3. The van der Waals surface area contributed by atoms with Gasteiger partial charge in [0.25, 0.3) is 6.43 Å². The second-order valence-corrected chi connectivity index (χ2v) is 8.64. The van der Waals surface area contributed by atoms with Crippen molar-refractivity contribution in [3.63, 3.8) is 0 Å². The Morgan fingerprint density at radius 1 is 1.12 bits per heavy atom. The minimum Gasteiger partial charge on any atom is -0.431 e. The summed E-state index contributed by atoms with van der Waals surface area (Å²) < 4.78 is 63.0. The van der Waals surface area contributed by atoms with E-state index in [0.29, 0.717) is 29.1 Å². The first-order valence-corrected chi connectivity index (χ1v) is 10.8. The van der Waals surface area contributed by atoms with Crippen LogP contribution in [-0.2, 0) is 11.3 Å². The van der Waals surface area contributed by atoms with Crippen molar-refractivity contribution in [1.82, 2.24) is 19.7 Å². The van der Waals surface area contributed by atoms with Gasteiger partial charge in [-0.15, -0.1) is 0 Å². The summed E-state index contributed by atoms with van der Waals surface area (Å²) in [5.74, 6) is 0.647. The van der Waals surface area contributed by atoms with Crippen molar-refractivity contribution < 1.29 is 27.0 Å². The van der Waals surface area contributed by atoms with E-state index in [4.69, 9.17) is 10.5 Å². The van der Waals surface area contributed by atoms with E-state index in [0.717, 1.165) is 44.8 Å². The van der Waals surface area contributed by atoms with Crippen molar-refractivity contribution in [2.75, 3.05) is 32.0 Å². The number of nitrogens with two attached hydrogens (primary N) is 1. The largest absolute Gasteiger partial charge is 0.431 e. The second kappa shape index (κ2) is 8.51. The van der Waals surface area contributed by atoms with Crippen molar-refractivity contribution >= 4 is 5.82 Å². The molecule has 0 amide bonds. The summed E-state index contributed by atoms with van der Waals surface area (Å²) in [5.41, 5.74) is 7.15. The molecule has 0 bridgehead atoms. The number of aromatic nitrogens is 3. The predicted molar refractivity (Wildman–Crippen MR) is 108 cm³/mol. The highest BCUT2D eigenvalue weighted by molar-refractivity contribution is 5.64. The maximum atomic E-state index is 13.2. The monoisotopic (exact) mass is 455 g/mol. The topological polar surface area (TPSA) is 78.4 Å². The molecule has 11 heteroatoms. The Hall–Kier alpha value is -2.40. The van der Waals surface area contributed by atoms with Crippen LogP contribution in [0.15, 0.2) is 18.3 Å². The third-order valence-corrected chi connectivity index (χ3v) is 6.84. The molecular weight excluding hydrogens is 430 g/mol. The van der Waals surface area contributed by atoms with E-state index in [9.17, 15) is 17.6 Å². The molecule has 3 heterocycles. The molecule has 0 unspecified atom stereocenters. The number of alkyl halides is 4. The van der Waals surface area contributed by atoms with Crippen LogP contribution in [0, 0.1) is 11.8 Å². The normalized spacial score (nSPS) is 27.8. The minimum atomic E-state index is -3.05. The van der Waals surface area contributed by atoms with Crippen LogP contribution in [0.3, 0.4) is 0 Å². The molecular formula is C21H25F4N5O2. The Bertz CT molecular complexity index is 954. The van der Waals surface area contributed by atoms with Crippen LogP contribution in [0.1, 0.15) is 24.5 Å². The van der Waals surface area contributed by atoms with Crippen molar-refractivity contribution in [2.24, 2.45) is 11.8 Å². The molecule has 174 valence electrons. The van der Waals surface area contributed by atoms with E-state index >= 15 is 0 Å². The van der Waals surface area contributed by atoms with E-state index in [1.165, 1.54) is 16.9 Å². The molecule has 1 saturated heterocycles. The molecule has 2 aromatic rings. The molecule has 0 spiro atoms. The van der Waals surface area contributed by atoms with Gasteiger partial charge in [-0.05, 0) is 36.8 Å². The third-order valence-electron chi connectivity index (χ3n) is 6.84. The quantitative estimate of drug-likeness (QED) is 0.646. The van der Waals surface area contributed by atoms with E-state index in [2.05, 4.69) is 19.7 Å². The highest BCUT2D eigenvalue weighted by atomic mass is 19.3. The maximum Gasteiger partial charge on any atom is 0.387 e. The smallest absolute Gasteiger partial charge is 0.387 e. The number of fused-ring (bicyclic) bond motifs is 1. The van der Waals surface area contributed by atoms with Gasteiger partial charge in [-0.25, -0.2) is 13.8 Å². The van der Waals surface area contributed by atoms with Gasteiger partial charge in [0.1, 0.15) is 6.54 Å². The van der Waals surface area contributed by atoms with Crippen LogP contribution >= 0.6 is 0 Å². The first kappa shape index (κ1) is 21.4. The summed E-state index contributed by atoms with van der Waals surface area (Å²) >= 11 is 0. The van der Waals surface area contributed by atoms with Crippen LogP contribution in [-0.4, -0.2) is 65.0 Å². The molecule has 7 nitrogen and oxygen atoms in total. The zero-order chi connectivity index (χ0) is 22.4. The van der Waals surface area contributed by atoms with Gasteiger partial charge in [0.05, 0.1) is 18.9 Å². The number of morpholine rings is 1. The fourth-order valence-corrected chi connectivity index (χ4v) is 5.39. The molecule has 2 aromatic heterocycles. The number of ether oxygens (including phenoxy) is 2. The molecule has 1 aliphatic heterocycles. The van der Waals surface area contributed by atoms with Gasteiger partial charge in [-0.1, -0.05) is 0 Å². The van der Waals surface area contributed by atoms with Gasteiger partial charge in [-0.2, -0.15) is 13.9 Å². The first-order valence-electron chi connectivity index (χ1n) is 10.8. The molecule has 0 aromatic carbocycles. The van der Waals surface area contributed by atoms with Crippen LogP contribution in [0.5, 0.6) is 5.75 Å². The van der Waals surface area contributed by atoms with Crippen LogP contribution in [0.2, 0.25) is 0 Å². The van der Waals surface area contributed by atoms with Crippen molar-refractivity contribution in [3.05, 3.63) is 24.0 Å². The standard InChI is InChI=1S/C21H25F4N5O2/c22-18(23)10-30-16(19-13-6-12(7-14(13)19)29-1-3-31-4-2-29)8-15(28-30)11-5-17(32-21(24)25)20(26)27-9-11/h5,8-9,12-14,18-19,21H,1-4,6-7,10H2,(H2,26,27)/t12-,13+,14-,19-. The van der Waals surface area contributed by atoms with Crippen LogP contribution < -0.4 is 10.5 Å². The summed E-state index contributed by atoms with van der Waals surface area (Å²) in [5, 5.41) is 4.35. The van der Waals surface area contributed by atoms with Crippen molar-refractivity contribution in [2.45, 2.75) is 44.4 Å². The summed E-state index contributed by atoms with van der Waals surface area (Å²) in [4.78, 5) is 6.37. The van der Waals surface area contributed by atoms with Crippen LogP contribution in [0.25, 0.3) is 11.3 Å². The average Bonchev–Trinajstić information content (AvgIpc) is 3.09. The number of nitrogens with zero attached hydrogens (tertiary/aromatic N) is 4. The first-order chi connectivity index (χ1) is 15.4. The fraction of sp³-hybridized carbons (Fsp3) is 0.619. The Labute approximate surface area is 182 Å². The molecule has 2 aliphatic carbocycles. The second-order valence-electron chi connectivity index (χ2n) is 8.64. The van der Waals surface area contributed by atoms with Crippen LogP contribution in [0.4, 0.5) is 23.4 Å². The molecule has 0 radical (unpaired) electrons. The van der Waals surface area contributed by atoms with E-state index < -0.39 is 19.6 Å². The summed E-state index contributed by atoms with van der Waals surface area (Å²) in [7, 11) is 0. The number of nitrogen functional groups attached to an aromatic ring is 1. The third kappa shape index (κ3) is 4.15. The molecule has 32 heavy (non-hydrogen) atoms. The van der Waals surface area contributed by atoms with Gasteiger partial charge in [0.15, 0.2) is 11.6 Å². The summed E-state index contributed by atoms with van der Waals surface area (Å²) in [6.45, 7) is -0.169. The molecule has 5 rings (SSSR count). The lowest BCUT2D eigenvalue weighted by Crippen LogP contribution is -2.43. The SMILES string of the molecule is Nc1ncc(-c2cc([C@H]3[C@@H]4C[C@H](N5CCOCC5)C[C@@H]43)n(CC(F)F)n2)cc1OC(F)F. The summed E-state index contributed by atoms with van der Waals surface area (Å²) in [6.07, 6.45) is 0.915. The molecule has 3 aliphatic rings. The highest BCUT2D eigenvalue weighted by Gasteiger charge is 2.58. The molecule has 4 atom stereocenters. The summed E-state index contributed by atoms with van der Waals surface area (Å²) in [6, 6.07) is 3.61. The molecule has 2 saturated carbocycles. The number of hydrogen-bond acceptors (Lipinski definition) is 6. The van der Waals surface area contributed by atoms with Crippen molar-refractivity contribution in [3.8, 4) is 17.0 Å². The lowest BCUT2D eigenvalue weighted by Gasteiger charge is -2.33. The fourth-order valence-electron chi connectivity index (χ4n) is 5.39. The number of halogens is 4. The molecule has 2 N–H and O–H groups in total. The maximum absolute atomic E-state index is 13.2. The lowest BCUT2D eigenvalue weighted by molar-refractivity contribution is -0.0494. The van der Waals surface area contributed by atoms with Gasteiger partial charge in [0, 0.05) is 42.5 Å². The van der Waals surface area contributed by atoms with E-state index in [1.54, 1.807) is 6.07 Å². The minimum absolute atomic E-state index is 0.174. The van der Waals surface area contributed by atoms with E-state index in [-0.39, 0.29) is 17.5 Å². The lowest BCUT2D eigenvalue weighted by atomic mass is 10.0. The number of anilines is 1. The van der Waals surface area contributed by atoms with E-state index in [1.807, 2.05) is 0 Å². The predicted octanol–water partition coefficient (Wildman–Crippen LogP) is 3.22. The van der Waals surface area contributed by atoms with Gasteiger partial charge >= 0.3 is 6.61 Å². The van der Waals surface area contributed by atoms with Gasteiger partial charge in [-0.3, -0.25) is 9.58 Å². The Kier molecular flexibility index (Phi) is 5.70. The number of rotatable bonds is 7. The Morgan fingerprint density at radius 2 is 1.84 bits per heavy atom. The van der Waals surface area contributed by atoms with Gasteiger partial charge in [0.2, 0.25) is 0 Å². The molecule has 3 fully saturated rings.